The van der Waals surface area contributed by atoms with Crippen molar-refractivity contribution in [3.8, 4) is 0 Å². The minimum Gasteiger partial charge on any atom is -0.308 e. The number of carbonyl (C=O) groups is 2. The number of hydrogen-bond acceptors (Lipinski definition) is 4. The first kappa shape index (κ1) is 20.3. The summed E-state index contributed by atoms with van der Waals surface area (Å²) >= 11 is 10.2. The van der Waals surface area contributed by atoms with E-state index in [0.717, 1.165) is 33.3 Å². The number of hydrogen-bond donors (Lipinski definition) is 0. The summed E-state index contributed by atoms with van der Waals surface area (Å²) in [6, 6.07) is 13.8. The lowest BCUT2D eigenvalue weighted by Crippen LogP contribution is -2.29. The summed E-state index contributed by atoms with van der Waals surface area (Å²) in [5.74, 6) is -0.330. The number of thioether (sulfide) groups is 1. The van der Waals surface area contributed by atoms with Crippen LogP contribution >= 0.6 is 39.9 Å². The van der Waals surface area contributed by atoms with Crippen LogP contribution in [0.2, 0.25) is 0 Å². The van der Waals surface area contributed by atoms with Crippen molar-refractivity contribution >= 4 is 67.3 Å². The van der Waals surface area contributed by atoms with Crippen LogP contribution in [0.4, 0.5) is 5.69 Å². The van der Waals surface area contributed by atoms with E-state index in [1.807, 2.05) is 56.3 Å². The average Bonchev–Trinajstić information content (AvgIpc) is 3.11. The van der Waals surface area contributed by atoms with E-state index in [1.165, 1.54) is 11.8 Å². The van der Waals surface area contributed by atoms with Crippen LogP contribution in [0.1, 0.15) is 30.0 Å². The Morgan fingerprint density at radius 1 is 1.03 bits per heavy atom. The smallest absolute Gasteiger partial charge is 0.267 e. The van der Waals surface area contributed by atoms with Crippen molar-refractivity contribution in [2.45, 2.75) is 26.8 Å². The lowest BCUT2D eigenvalue weighted by atomic mass is 10.1. The molecule has 0 spiro atoms. The molecule has 2 heterocycles. The Morgan fingerprint density at radius 3 is 2.45 bits per heavy atom. The van der Waals surface area contributed by atoms with Gasteiger partial charge in [0.15, 0.2) is 0 Å². The molecule has 2 amide bonds. The Bertz CT molecular complexity index is 1060. The van der Waals surface area contributed by atoms with Gasteiger partial charge in [-0.15, -0.1) is 0 Å². The number of aryl methyl sites for hydroxylation is 1. The molecule has 0 saturated carbocycles. The molecule has 0 bridgehead atoms. The van der Waals surface area contributed by atoms with Crippen molar-refractivity contribution in [1.82, 2.24) is 4.90 Å². The molecule has 2 aromatic carbocycles. The fourth-order valence-corrected chi connectivity index (χ4v) is 5.22. The molecule has 2 aliphatic rings. The van der Waals surface area contributed by atoms with Gasteiger partial charge in [0.25, 0.3) is 11.8 Å². The molecule has 2 aliphatic heterocycles. The zero-order chi connectivity index (χ0) is 20.7. The fourth-order valence-electron chi connectivity index (χ4n) is 3.53. The third-order valence-electron chi connectivity index (χ3n) is 4.96. The highest BCUT2D eigenvalue weighted by Gasteiger charge is 2.41. The van der Waals surface area contributed by atoms with Gasteiger partial charge in [-0.1, -0.05) is 76.7 Å². The molecular weight excluding hydrogens is 468 g/mol. The number of carbonyl (C=O) groups excluding carboxylic acids is 2. The average molecular weight is 487 g/mol. The highest BCUT2D eigenvalue weighted by molar-refractivity contribution is 9.10. The zero-order valence-corrected chi connectivity index (χ0v) is 19.3. The Labute approximate surface area is 188 Å². The maximum absolute atomic E-state index is 13.3. The Hall–Kier alpha value is -1.96. The van der Waals surface area contributed by atoms with E-state index in [-0.39, 0.29) is 11.8 Å². The largest absolute Gasteiger partial charge is 0.308 e. The van der Waals surface area contributed by atoms with Crippen molar-refractivity contribution in [3.63, 3.8) is 0 Å². The molecule has 7 heteroatoms. The third-order valence-corrected chi connectivity index (χ3v) is 6.90. The van der Waals surface area contributed by atoms with Gasteiger partial charge in [-0.05, 0) is 37.1 Å². The third kappa shape index (κ3) is 3.67. The van der Waals surface area contributed by atoms with Gasteiger partial charge in [-0.25, -0.2) is 0 Å². The maximum atomic E-state index is 13.3. The summed E-state index contributed by atoms with van der Waals surface area (Å²) in [5, 5.41) is 0. The summed E-state index contributed by atoms with van der Waals surface area (Å²) in [5.41, 5.74) is 4.26. The molecule has 29 heavy (non-hydrogen) atoms. The summed E-state index contributed by atoms with van der Waals surface area (Å²) < 4.78 is 1.35. The predicted octanol–water partition coefficient (Wildman–Crippen LogP) is 5.29. The summed E-state index contributed by atoms with van der Waals surface area (Å²) in [6.07, 6.45) is 0.836. The molecule has 4 rings (SSSR count). The molecule has 0 radical (unpaired) electrons. The first-order chi connectivity index (χ1) is 13.9. The van der Waals surface area contributed by atoms with Gasteiger partial charge < -0.3 is 4.90 Å². The second-order valence-electron chi connectivity index (χ2n) is 7.07. The first-order valence-electron chi connectivity index (χ1n) is 9.36. The minimum absolute atomic E-state index is 0.129. The van der Waals surface area contributed by atoms with Crippen molar-refractivity contribution in [3.05, 3.63) is 68.5 Å². The van der Waals surface area contributed by atoms with Crippen LogP contribution in [-0.4, -0.2) is 27.6 Å². The number of rotatable bonds is 4. The van der Waals surface area contributed by atoms with E-state index in [4.69, 9.17) is 12.2 Å². The molecule has 1 saturated heterocycles. The molecule has 4 nitrogen and oxygen atoms in total. The number of benzene rings is 2. The summed E-state index contributed by atoms with van der Waals surface area (Å²) in [6.45, 7) is 5.07. The molecule has 148 valence electrons. The van der Waals surface area contributed by atoms with Crippen molar-refractivity contribution in [1.29, 1.82) is 0 Å². The van der Waals surface area contributed by atoms with Gasteiger partial charge in [0, 0.05) is 16.6 Å². The van der Waals surface area contributed by atoms with Gasteiger partial charge in [0.05, 0.1) is 22.7 Å². The van der Waals surface area contributed by atoms with Crippen LogP contribution in [0.3, 0.4) is 0 Å². The number of nitrogens with zero attached hydrogens (tertiary/aromatic N) is 2. The van der Waals surface area contributed by atoms with Gasteiger partial charge in [0.1, 0.15) is 4.32 Å². The second-order valence-corrected chi connectivity index (χ2v) is 9.63. The van der Waals surface area contributed by atoms with E-state index in [2.05, 4.69) is 15.9 Å². The number of fused-ring (bicyclic) bond motifs is 1. The van der Waals surface area contributed by atoms with Crippen LogP contribution < -0.4 is 4.90 Å². The van der Waals surface area contributed by atoms with E-state index in [0.29, 0.717) is 27.9 Å². The van der Waals surface area contributed by atoms with Crippen LogP contribution in [0.5, 0.6) is 0 Å². The molecule has 0 N–H and O–H groups in total. The highest BCUT2D eigenvalue weighted by atomic mass is 79.9. The lowest BCUT2D eigenvalue weighted by Gasteiger charge is -2.16. The predicted molar refractivity (Wildman–Crippen MR) is 126 cm³/mol. The molecule has 0 aliphatic carbocycles. The van der Waals surface area contributed by atoms with E-state index < -0.39 is 0 Å². The molecule has 1 fully saturated rings. The van der Waals surface area contributed by atoms with Crippen LogP contribution in [0.25, 0.3) is 5.57 Å². The number of halogens is 1. The monoisotopic (exact) mass is 486 g/mol. The van der Waals surface area contributed by atoms with E-state index in [1.54, 1.807) is 9.80 Å². The summed E-state index contributed by atoms with van der Waals surface area (Å²) in [4.78, 5) is 30.2. The van der Waals surface area contributed by atoms with Gasteiger partial charge in [-0.2, -0.15) is 0 Å². The molecule has 2 aromatic rings. The Kier molecular flexibility index (Phi) is 5.64. The first-order valence-corrected chi connectivity index (χ1v) is 11.4. The van der Waals surface area contributed by atoms with Gasteiger partial charge in [-0.3, -0.25) is 14.5 Å². The van der Waals surface area contributed by atoms with Gasteiger partial charge >= 0.3 is 0 Å². The fraction of sp³-hybridized carbons (Fsp3) is 0.227. The highest BCUT2D eigenvalue weighted by Crippen LogP contribution is 2.45. The van der Waals surface area contributed by atoms with E-state index >= 15 is 0 Å². The van der Waals surface area contributed by atoms with E-state index in [9.17, 15) is 9.59 Å². The SMILES string of the molecule is CCCN1C(=O)C(=C2SC(=S)N(Cc3ccc(C)cc3)C2=O)c2cc(Br)ccc21. The van der Waals surface area contributed by atoms with Crippen LogP contribution in [0.15, 0.2) is 51.8 Å². The van der Waals surface area contributed by atoms with Gasteiger partial charge in [0.2, 0.25) is 0 Å². The van der Waals surface area contributed by atoms with Crippen LogP contribution in [-0.2, 0) is 16.1 Å². The van der Waals surface area contributed by atoms with Crippen molar-refractivity contribution in [2.75, 3.05) is 11.4 Å². The van der Waals surface area contributed by atoms with Crippen LogP contribution in [0, 0.1) is 6.92 Å². The standard InChI is InChI=1S/C22H19BrN2O2S2/c1-3-10-24-17-9-8-15(23)11-16(17)18(20(24)26)19-21(27)25(22(28)29-19)12-14-6-4-13(2)5-7-14/h4-9,11H,3,10,12H2,1-2H3. The second kappa shape index (κ2) is 8.05. The Balaban J connectivity index is 1.74. The normalized spacial score (nSPS) is 18.8. The lowest BCUT2D eigenvalue weighted by molar-refractivity contribution is -0.122. The number of anilines is 1. The Morgan fingerprint density at radius 2 is 1.76 bits per heavy atom. The quantitative estimate of drug-likeness (QED) is 0.435. The number of amides is 2. The number of thiocarbonyl (C=S) groups is 1. The molecule has 0 unspecified atom stereocenters. The molecular formula is C22H19BrN2O2S2. The molecule has 0 atom stereocenters. The summed E-state index contributed by atoms with van der Waals surface area (Å²) in [7, 11) is 0. The van der Waals surface area contributed by atoms with Crippen molar-refractivity contribution in [2.24, 2.45) is 0 Å². The maximum Gasteiger partial charge on any atom is 0.267 e. The topological polar surface area (TPSA) is 40.6 Å². The van der Waals surface area contributed by atoms with Crippen molar-refractivity contribution < 1.29 is 9.59 Å². The zero-order valence-electron chi connectivity index (χ0n) is 16.1. The molecule has 0 aromatic heterocycles. The minimum atomic E-state index is -0.201.